The molecule has 0 saturated heterocycles. The molecule has 0 spiro atoms. The van der Waals surface area contributed by atoms with Gasteiger partial charge in [0, 0.05) is 51.6 Å². The number of aliphatic hydroxyl groups excluding tert-OH is 3. The van der Waals surface area contributed by atoms with Crippen molar-refractivity contribution in [3.8, 4) is 40.2 Å². The lowest BCUT2D eigenvalue weighted by Crippen LogP contribution is -2.21. The zero-order valence-corrected chi connectivity index (χ0v) is 32.4. The van der Waals surface area contributed by atoms with Crippen molar-refractivity contribution in [1.29, 1.82) is 0 Å². The Kier molecular flexibility index (Phi) is 10.8. The number of carbonyl (C=O) groups is 5. The van der Waals surface area contributed by atoms with Crippen molar-refractivity contribution in [2.45, 2.75) is 57.8 Å². The number of phenolic OH excluding ortho intramolecular Hbond substituents is 7. The van der Waals surface area contributed by atoms with Crippen LogP contribution < -0.4 is 0 Å². The fourth-order valence-corrected chi connectivity index (χ4v) is 8.24. The van der Waals surface area contributed by atoms with Crippen LogP contribution in [0, 0.1) is 0 Å². The third-order valence-corrected chi connectivity index (χ3v) is 10.6. The minimum atomic E-state index is -1.08. The van der Waals surface area contributed by atoms with Crippen LogP contribution >= 0.6 is 0 Å². The quantitative estimate of drug-likeness (QED) is 0.0991. The molecule has 0 bridgehead atoms. The smallest absolute Gasteiger partial charge is 0.201 e. The summed E-state index contributed by atoms with van der Waals surface area (Å²) >= 11 is 0. The highest BCUT2D eigenvalue weighted by Crippen LogP contribution is 2.45. The molecule has 2 aliphatic carbocycles. The zero-order chi connectivity index (χ0) is 44.3. The monoisotopic (exact) mass is 830 g/mol. The number of Topliss-reactive ketones (excluding diaryl/α,β-unsaturated/α-hetero) is 1. The summed E-state index contributed by atoms with van der Waals surface area (Å²) in [5, 5.41) is 103. The number of ketones is 5. The van der Waals surface area contributed by atoms with Crippen LogP contribution in [-0.2, 0) is 17.6 Å². The molecule has 3 atom stereocenters. The van der Waals surface area contributed by atoms with Gasteiger partial charge in [0.2, 0.25) is 11.6 Å². The van der Waals surface area contributed by atoms with Crippen molar-refractivity contribution in [1.82, 2.24) is 0 Å². The number of hydrogen-bond acceptors (Lipinski definition) is 15. The first-order valence-corrected chi connectivity index (χ1v) is 18.9. The molecule has 10 N–H and O–H groups in total. The van der Waals surface area contributed by atoms with E-state index in [0.717, 1.165) is 24.3 Å². The number of hydrogen-bond donors (Lipinski definition) is 10. The molecule has 0 radical (unpaired) electrons. The number of carbonyl (C=O) groups excluding carboxylic acids is 5. The molecule has 0 aliphatic heterocycles. The van der Waals surface area contributed by atoms with Gasteiger partial charge in [-0.05, 0) is 91.4 Å². The lowest BCUT2D eigenvalue weighted by molar-refractivity contribution is -0.118. The maximum absolute atomic E-state index is 13.1. The summed E-state index contributed by atoms with van der Waals surface area (Å²) in [6, 6.07) is 14.5. The van der Waals surface area contributed by atoms with Crippen molar-refractivity contribution < 1.29 is 75.0 Å². The van der Waals surface area contributed by atoms with Crippen LogP contribution in [-0.4, -0.2) is 98.3 Å². The lowest BCUT2D eigenvalue weighted by atomic mass is 9.80. The van der Waals surface area contributed by atoms with Gasteiger partial charge < -0.3 is 51.1 Å². The molecular weight excluding hydrogens is 792 g/mol. The van der Waals surface area contributed by atoms with E-state index < -0.39 is 70.2 Å². The topological polar surface area (TPSA) is 288 Å². The molecule has 15 nitrogen and oxygen atoms in total. The standard InChI is InChI=1S/C23H18O8.C23H20O7/c1-9(24)2-12(25)3-10-4-13(26)5-11-6-15-20(22(30)18(10)11)23(31)19-16(21(15)29)7-14(27)8-17(19)28;1-10(24)5-13(25)6-11-3-2-4-12-7-15-20(22(29)18(11)12)23(30)19-16(21(15)28)8-14(26)9-17(19)27/h4-8,12,25-28,30H,2-3H2,1H3;2-4,7-10,13,24-27,29H,5-6H2,1H3. The normalized spacial score (nSPS) is 14.4. The van der Waals surface area contributed by atoms with E-state index in [4.69, 9.17) is 0 Å². The Labute approximate surface area is 345 Å². The fourth-order valence-electron chi connectivity index (χ4n) is 8.24. The molecule has 61 heavy (non-hydrogen) atoms. The molecule has 0 saturated carbocycles. The summed E-state index contributed by atoms with van der Waals surface area (Å²) in [6.45, 7) is 2.88. The summed E-state index contributed by atoms with van der Waals surface area (Å²) in [7, 11) is 0. The number of phenols is 7. The second kappa shape index (κ2) is 15.7. The van der Waals surface area contributed by atoms with Gasteiger partial charge in [-0.3, -0.25) is 24.0 Å². The van der Waals surface area contributed by atoms with E-state index in [1.54, 1.807) is 25.1 Å². The van der Waals surface area contributed by atoms with Gasteiger partial charge in [-0.1, -0.05) is 18.2 Å². The fraction of sp³-hybridized carbons (Fsp3) is 0.196. The predicted molar refractivity (Wildman–Crippen MR) is 217 cm³/mol. The number of rotatable bonds is 8. The minimum Gasteiger partial charge on any atom is -0.508 e. The van der Waals surface area contributed by atoms with Gasteiger partial charge in [-0.2, -0.15) is 0 Å². The number of aliphatic hydroxyl groups is 3. The summed E-state index contributed by atoms with van der Waals surface area (Å²) < 4.78 is 0. The van der Waals surface area contributed by atoms with E-state index in [1.165, 1.54) is 31.2 Å². The van der Waals surface area contributed by atoms with E-state index in [9.17, 15) is 75.0 Å². The molecule has 2 aliphatic rings. The summed E-state index contributed by atoms with van der Waals surface area (Å²) in [5.74, 6) is -6.07. The van der Waals surface area contributed by atoms with Gasteiger partial charge in [0.05, 0.1) is 40.6 Å². The van der Waals surface area contributed by atoms with Crippen LogP contribution in [0.1, 0.15) is 102 Å². The Hall–Kier alpha value is -7.33. The first-order chi connectivity index (χ1) is 28.8. The van der Waals surface area contributed by atoms with Crippen LogP contribution in [0.2, 0.25) is 0 Å². The van der Waals surface area contributed by atoms with Gasteiger partial charge in [-0.25, -0.2) is 0 Å². The van der Waals surface area contributed by atoms with E-state index in [0.29, 0.717) is 16.3 Å². The molecule has 312 valence electrons. The van der Waals surface area contributed by atoms with Gasteiger partial charge >= 0.3 is 0 Å². The Balaban J connectivity index is 0.000000184. The van der Waals surface area contributed by atoms with Crippen LogP contribution in [0.4, 0.5) is 0 Å². The Morgan fingerprint density at radius 3 is 1.49 bits per heavy atom. The van der Waals surface area contributed by atoms with Crippen molar-refractivity contribution in [3.05, 3.63) is 122 Å². The van der Waals surface area contributed by atoms with Crippen LogP contribution in [0.15, 0.2) is 66.7 Å². The van der Waals surface area contributed by atoms with Crippen LogP contribution in [0.25, 0.3) is 21.5 Å². The maximum Gasteiger partial charge on any atom is 0.201 e. The second-order valence-electron chi connectivity index (χ2n) is 15.3. The first-order valence-electron chi connectivity index (χ1n) is 18.9. The average molecular weight is 831 g/mol. The third kappa shape index (κ3) is 7.46. The highest BCUT2D eigenvalue weighted by molar-refractivity contribution is 6.33. The Morgan fingerprint density at radius 1 is 0.525 bits per heavy atom. The number of fused-ring (bicyclic) bond motifs is 6. The van der Waals surface area contributed by atoms with Crippen LogP contribution in [0.5, 0.6) is 40.2 Å². The van der Waals surface area contributed by atoms with Crippen molar-refractivity contribution in [2.75, 3.05) is 0 Å². The van der Waals surface area contributed by atoms with Gasteiger partial charge in [0.15, 0.2) is 11.6 Å². The lowest BCUT2D eigenvalue weighted by Gasteiger charge is -2.22. The minimum absolute atomic E-state index is 0.0239. The van der Waals surface area contributed by atoms with E-state index in [1.807, 2.05) is 0 Å². The van der Waals surface area contributed by atoms with Crippen LogP contribution in [0.3, 0.4) is 0 Å². The highest BCUT2D eigenvalue weighted by atomic mass is 16.3. The van der Waals surface area contributed by atoms with Crippen molar-refractivity contribution in [2.24, 2.45) is 0 Å². The molecule has 15 heteroatoms. The molecule has 0 aromatic heterocycles. The highest BCUT2D eigenvalue weighted by Gasteiger charge is 2.38. The first kappa shape index (κ1) is 41.8. The molecule has 3 unspecified atom stereocenters. The van der Waals surface area contributed by atoms with Crippen molar-refractivity contribution >= 4 is 50.5 Å². The zero-order valence-electron chi connectivity index (χ0n) is 32.4. The molecule has 6 aromatic rings. The Bertz CT molecular complexity index is 2910. The van der Waals surface area contributed by atoms with Gasteiger partial charge in [0.1, 0.15) is 46.0 Å². The predicted octanol–water partition coefficient (Wildman–Crippen LogP) is 4.73. The van der Waals surface area contributed by atoms with Crippen molar-refractivity contribution in [3.63, 3.8) is 0 Å². The van der Waals surface area contributed by atoms with Gasteiger partial charge in [-0.15, -0.1) is 0 Å². The molecule has 6 aromatic carbocycles. The number of aromatic hydroxyl groups is 7. The molecule has 0 amide bonds. The molecule has 0 heterocycles. The SMILES string of the molecule is CC(=O)CC(O)Cc1cc(O)cc2cc3c(c(O)c12)C(=O)c1c(O)cc(O)cc1C3=O.CC(O)CC(O)Cc1cccc2cc3c(c(O)c12)C(=O)c1c(O)cc(O)cc1C3=O. The Morgan fingerprint density at radius 2 is 0.984 bits per heavy atom. The average Bonchev–Trinajstić information content (AvgIpc) is 3.14. The summed E-state index contributed by atoms with van der Waals surface area (Å²) in [4.78, 5) is 63.5. The molecule has 8 rings (SSSR count). The largest absolute Gasteiger partial charge is 0.508 e. The summed E-state index contributed by atoms with van der Waals surface area (Å²) in [5.41, 5.74) is -0.811. The van der Waals surface area contributed by atoms with Gasteiger partial charge in [0.25, 0.3) is 0 Å². The second-order valence-corrected chi connectivity index (χ2v) is 15.3. The van der Waals surface area contributed by atoms with E-state index >= 15 is 0 Å². The maximum atomic E-state index is 13.1. The van der Waals surface area contributed by atoms with E-state index in [-0.39, 0.29) is 104 Å². The van der Waals surface area contributed by atoms with E-state index in [2.05, 4.69) is 0 Å². The summed E-state index contributed by atoms with van der Waals surface area (Å²) in [6.07, 6.45) is -2.60. The number of benzene rings is 6. The molecular formula is C46H38O15. The third-order valence-electron chi connectivity index (χ3n) is 10.6. The molecule has 0 fully saturated rings.